The van der Waals surface area contributed by atoms with Crippen molar-refractivity contribution in [3.8, 4) is 6.07 Å². The fourth-order valence-electron chi connectivity index (χ4n) is 6.89. The Bertz CT molecular complexity index is 1510. The van der Waals surface area contributed by atoms with Crippen molar-refractivity contribution in [1.82, 2.24) is 25.1 Å². The number of ether oxygens (including phenoxy) is 1. The fraction of sp³-hybridized carbons (Fsp3) is 0.531. The molecular weight excluding hydrogens is 528 g/mol. The van der Waals surface area contributed by atoms with Crippen molar-refractivity contribution in [2.45, 2.75) is 82.4 Å². The van der Waals surface area contributed by atoms with Gasteiger partial charge in [-0.25, -0.2) is 4.98 Å². The Morgan fingerprint density at radius 3 is 2.86 bits per heavy atom. The summed E-state index contributed by atoms with van der Waals surface area (Å²) in [5.41, 5.74) is 4.62. The molecule has 2 unspecified atom stereocenters. The highest BCUT2D eigenvalue weighted by molar-refractivity contribution is 6.03. The molecule has 1 amide bonds. The van der Waals surface area contributed by atoms with E-state index in [0.29, 0.717) is 30.3 Å². The van der Waals surface area contributed by atoms with Crippen molar-refractivity contribution in [3.63, 3.8) is 0 Å². The van der Waals surface area contributed by atoms with Gasteiger partial charge in [-0.05, 0) is 67.9 Å². The van der Waals surface area contributed by atoms with Crippen molar-refractivity contribution in [3.05, 3.63) is 65.0 Å². The van der Waals surface area contributed by atoms with Crippen LogP contribution in [0.2, 0.25) is 0 Å². The molecule has 6 rings (SSSR count). The predicted molar refractivity (Wildman–Crippen MR) is 160 cm³/mol. The number of benzene rings is 1. The molecule has 0 spiro atoms. The molecule has 10 heteroatoms. The molecule has 2 aliphatic heterocycles. The second kappa shape index (κ2) is 11.1. The van der Waals surface area contributed by atoms with E-state index in [-0.39, 0.29) is 28.9 Å². The normalized spacial score (nSPS) is 24.7. The number of aryl methyl sites for hydroxylation is 1. The van der Waals surface area contributed by atoms with E-state index in [1.54, 1.807) is 6.33 Å². The first kappa shape index (κ1) is 28.3. The van der Waals surface area contributed by atoms with E-state index in [1.807, 2.05) is 35.9 Å². The van der Waals surface area contributed by atoms with Gasteiger partial charge in [0.25, 0.3) is 5.91 Å². The molecule has 2 fully saturated rings. The van der Waals surface area contributed by atoms with Crippen LogP contribution in [0.5, 0.6) is 0 Å². The summed E-state index contributed by atoms with van der Waals surface area (Å²) in [4.78, 5) is 18.6. The number of aromatic nitrogens is 4. The number of rotatable bonds is 9. The first-order valence-corrected chi connectivity index (χ1v) is 15.0. The topological polar surface area (TPSA) is 130 Å². The zero-order valence-corrected chi connectivity index (χ0v) is 24.9. The lowest BCUT2D eigenvalue weighted by Crippen LogP contribution is -2.44. The molecule has 42 heavy (non-hydrogen) atoms. The molecular formula is C32H40N8O2. The first-order chi connectivity index (χ1) is 20.2. The number of nitriles is 1. The highest BCUT2D eigenvalue weighted by atomic mass is 16.5. The van der Waals surface area contributed by atoms with Crippen LogP contribution in [0, 0.1) is 17.2 Å². The second-order valence-corrected chi connectivity index (χ2v) is 12.9. The van der Waals surface area contributed by atoms with E-state index in [0.717, 1.165) is 67.2 Å². The maximum atomic E-state index is 13.7. The number of amides is 1. The molecule has 1 saturated carbocycles. The summed E-state index contributed by atoms with van der Waals surface area (Å²) in [6, 6.07) is 12.4. The third kappa shape index (κ3) is 5.16. The van der Waals surface area contributed by atoms with Gasteiger partial charge in [-0.1, -0.05) is 26.0 Å². The Morgan fingerprint density at radius 2 is 2.14 bits per heavy atom. The Balaban J connectivity index is 1.25. The lowest BCUT2D eigenvalue weighted by Gasteiger charge is -2.46. The summed E-state index contributed by atoms with van der Waals surface area (Å²) in [6.07, 6.45) is 6.26. The zero-order chi connectivity index (χ0) is 29.5. The predicted octanol–water partition coefficient (Wildman–Crippen LogP) is 4.43. The van der Waals surface area contributed by atoms with Crippen LogP contribution in [0.4, 0.5) is 11.4 Å². The number of pyridine rings is 1. The van der Waals surface area contributed by atoms with Crippen LogP contribution in [-0.4, -0.2) is 51.0 Å². The fourth-order valence-corrected chi connectivity index (χ4v) is 6.89. The molecule has 2 atom stereocenters. The van der Waals surface area contributed by atoms with Gasteiger partial charge in [0.1, 0.15) is 17.8 Å². The minimum atomic E-state index is -0.340. The molecule has 3 N–H and O–H groups in total. The van der Waals surface area contributed by atoms with Gasteiger partial charge in [-0.15, -0.1) is 10.2 Å². The van der Waals surface area contributed by atoms with E-state index in [9.17, 15) is 10.1 Å². The minimum Gasteiger partial charge on any atom is -0.382 e. The minimum absolute atomic E-state index is 0.187. The van der Waals surface area contributed by atoms with Crippen LogP contribution in [0.3, 0.4) is 0 Å². The number of carbonyl (C=O) groups is 1. The quantitative estimate of drug-likeness (QED) is 0.346. The molecule has 220 valence electrons. The maximum absolute atomic E-state index is 13.7. The monoisotopic (exact) mass is 568 g/mol. The van der Waals surface area contributed by atoms with Crippen LogP contribution in [-0.2, 0) is 29.2 Å². The van der Waals surface area contributed by atoms with E-state index in [2.05, 4.69) is 59.1 Å². The summed E-state index contributed by atoms with van der Waals surface area (Å²) in [5.74, 6) is 0.951. The number of hydrogen-bond acceptors (Lipinski definition) is 8. The average Bonchev–Trinajstić information content (AvgIpc) is 3.70. The van der Waals surface area contributed by atoms with Gasteiger partial charge >= 0.3 is 0 Å². The second-order valence-electron chi connectivity index (χ2n) is 12.9. The Labute approximate surface area is 247 Å². The highest BCUT2D eigenvalue weighted by Gasteiger charge is 2.49. The van der Waals surface area contributed by atoms with Crippen LogP contribution in [0.15, 0.2) is 36.7 Å². The molecule has 1 aromatic carbocycles. The molecule has 4 heterocycles. The molecule has 3 aliphatic rings. The number of hydrogen-bond donors (Lipinski definition) is 3. The van der Waals surface area contributed by atoms with Gasteiger partial charge in [-0.2, -0.15) is 5.26 Å². The van der Waals surface area contributed by atoms with Gasteiger partial charge in [0.15, 0.2) is 0 Å². The van der Waals surface area contributed by atoms with Gasteiger partial charge in [-0.3, -0.25) is 4.79 Å². The molecule has 3 aromatic rings. The molecule has 1 aliphatic carbocycles. The lowest BCUT2D eigenvalue weighted by molar-refractivity contribution is 0.0832. The van der Waals surface area contributed by atoms with E-state index in [1.165, 1.54) is 0 Å². The van der Waals surface area contributed by atoms with Crippen molar-refractivity contribution >= 4 is 17.3 Å². The summed E-state index contributed by atoms with van der Waals surface area (Å²) in [6.45, 7) is 8.68. The number of nitrogens with zero attached hydrogens (tertiary/aromatic N) is 5. The lowest BCUT2D eigenvalue weighted by atomic mass is 9.57. The standard InChI is InChI=1S/C32H40N8O2/c1-20(26-9-6-12-42-26)34-17-22-13-25(38-28-27(22)35-18-31(28,2)3)29(41)37-24-8-5-7-23(14-24)32(15-21(16-32)10-11-33)30-39-36-19-40(30)4/h5,7-8,13-14,19-21,26,34-35H,6,9-10,12,15-18H2,1-4H3,(H,37,41). The maximum Gasteiger partial charge on any atom is 0.274 e. The Morgan fingerprint density at radius 1 is 1.31 bits per heavy atom. The zero-order valence-electron chi connectivity index (χ0n) is 24.9. The summed E-state index contributed by atoms with van der Waals surface area (Å²) < 4.78 is 7.83. The van der Waals surface area contributed by atoms with Crippen LogP contribution < -0.4 is 16.0 Å². The average molecular weight is 569 g/mol. The van der Waals surface area contributed by atoms with Crippen molar-refractivity contribution in [1.29, 1.82) is 5.26 Å². The molecule has 0 radical (unpaired) electrons. The first-order valence-electron chi connectivity index (χ1n) is 15.0. The van der Waals surface area contributed by atoms with E-state index < -0.39 is 0 Å². The van der Waals surface area contributed by atoms with E-state index in [4.69, 9.17) is 9.72 Å². The third-order valence-corrected chi connectivity index (χ3v) is 9.29. The number of fused-ring (bicyclic) bond motifs is 1. The summed E-state index contributed by atoms with van der Waals surface area (Å²) in [7, 11) is 1.95. The highest BCUT2D eigenvalue weighted by Crippen LogP contribution is 2.53. The van der Waals surface area contributed by atoms with Gasteiger partial charge < -0.3 is 25.3 Å². The SMILES string of the molecule is CC(NCc1cc(C(=O)Nc2cccc(C3(c4nncn4C)CC(CC#N)C3)c2)nc2c1NCC2(C)C)C1CCCO1. The molecule has 2 aromatic heterocycles. The van der Waals surface area contributed by atoms with Gasteiger partial charge in [0.2, 0.25) is 0 Å². The molecule has 0 bridgehead atoms. The van der Waals surface area contributed by atoms with Gasteiger partial charge in [0, 0.05) is 50.3 Å². The van der Waals surface area contributed by atoms with Crippen LogP contribution in [0.1, 0.15) is 86.0 Å². The largest absolute Gasteiger partial charge is 0.382 e. The Hall–Kier alpha value is -3.81. The van der Waals surface area contributed by atoms with Crippen molar-refractivity contribution in [2.75, 3.05) is 23.8 Å². The smallest absolute Gasteiger partial charge is 0.274 e. The summed E-state index contributed by atoms with van der Waals surface area (Å²) >= 11 is 0. The number of nitrogens with one attached hydrogen (secondary N) is 3. The van der Waals surface area contributed by atoms with Crippen LogP contribution >= 0.6 is 0 Å². The van der Waals surface area contributed by atoms with E-state index >= 15 is 0 Å². The number of anilines is 2. The number of carbonyl (C=O) groups excluding carboxylic acids is 1. The summed E-state index contributed by atoms with van der Waals surface area (Å²) in [5, 5.41) is 28.1. The Kier molecular flexibility index (Phi) is 7.50. The molecule has 1 saturated heterocycles. The van der Waals surface area contributed by atoms with Crippen molar-refractivity contribution in [2.24, 2.45) is 13.0 Å². The van der Waals surface area contributed by atoms with Gasteiger partial charge in [0.05, 0.1) is 29.0 Å². The third-order valence-electron chi connectivity index (χ3n) is 9.29. The van der Waals surface area contributed by atoms with Crippen molar-refractivity contribution < 1.29 is 9.53 Å². The molecule has 10 nitrogen and oxygen atoms in total. The van der Waals surface area contributed by atoms with Crippen LogP contribution in [0.25, 0.3) is 0 Å².